The third kappa shape index (κ3) is 1.98. The van der Waals surface area contributed by atoms with E-state index in [0.29, 0.717) is 12.8 Å². The Labute approximate surface area is 96.1 Å². The molecule has 2 aliphatic heterocycles. The third-order valence-corrected chi connectivity index (χ3v) is 3.77. The van der Waals surface area contributed by atoms with Gasteiger partial charge in [-0.05, 0) is 19.4 Å². The van der Waals surface area contributed by atoms with E-state index in [1.807, 2.05) is 6.92 Å². The lowest BCUT2D eigenvalue weighted by Crippen LogP contribution is -2.64. The molecule has 0 saturated carbocycles. The first-order valence-electron chi connectivity index (χ1n) is 6.16. The van der Waals surface area contributed by atoms with Gasteiger partial charge in [0.2, 0.25) is 0 Å². The Morgan fingerprint density at radius 2 is 2.12 bits per heavy atom. The highest BCUT2D eigenvalue weighted by Crippen LogP contribution is 2.33. The number of hydrogen-bond acceptors (Lipinski definition) is 5. The lowest BCUT2D eigenvalue weighted by atomic mass is 9.91. The van der Waals surface area contributed by atoms with Crippen LogP contribution >= 0.6 is 0 Å². The van der Waals surface area contributed by atoms with Crippen molar-refractivity contribution in [1.29, 1.82) is 0 Å². The van der Waals surface area contributed by atoms with Crippen LogP contribution in [0, 0.1) is 0 Å². The van der Waals surface area contributed by atoms with Crippen molar-refractivity contribution < 1.29 is 15.3 Å². The molecular weight excluding hydrogens is 208 g/mol. The Kier molecular flexibility index (Phi) is 3.51. The highest BCUT2D eigenvalue weighted by molar-refractivity contribution is 5.05. The van der Waals surface area contributed by atoms with Crippen molar-refractivity contribution in [2.45, 2.75) is 50.2 Å². The average Bonchev–Trinajstić information content (AvgIpc) is 2.60. The fourth-order valence-corrected chi connectivity index (χ4v) is 2.87. The zero-order chi connectivity index (χ0) is 11.8. The molecule has 2 aliphatic rings. The summed E-state index contributed by atoms with van der Waals surface area (Å²) < 4.78 is 0. The van der Waals surface area contributed by atoms with Crippen molar-refractivity contribution in [3.63, 3.8) is 0 Å². The quantitative estimate of drug-likeness (QED) is 0.462. The number of rotatable bonds is 3. The molecule has 2 fully saturated rings. The van der Waals surface area contributed by atoms with Crippen molar-refractivity contribution in [2.75, 3.05) is 19.6 Å². The molecule has 94 valence electrons. The lowest BCUT2D eigenvalue weighted by Gasteiger charge is -2.43. The normalized spacial score (nSPS) is 44.6. The third-order valence-electron chi connectivity index (χ3n) is 3.77. The summed E-state index contributed by atoms with van der Waals surface area (Å²) in [6, 6.07) is -0.372. The summed E-state index contributed by atoms with van der Waals surface area (Å²) in [5.74, 6) is 0. The summed E-state index contributed by atoms with van der Waals surface area (Å²) in [5, 5.41) is 33.2. The SMILES string of the molecule is CCCNC1(O)CCN2CCC(O)C(O)C21. The Bertz CT molecular complexity index is 251. The Balaban J connectivity index is 2.10. The van der Waals surface area contributed by atoms with Gasteiger partial charge in [-0.3, -0.25) is 10.2 Å². The molecule has 0 spiro atoms. The van der Waals surface area contributed by atoms with Crippen LogP contribution in [0.1, 0.15) is 26.2 Å². The predicted molar refractivity (Wildman–Crippen MR) is 59.9 cm³/mol. The molecule has 5 nitrogen and oxygen atoms in total. The largest absolute Gasteiger partial charge is 0.390 e. The molecule has 16 heavy (non-hydrogen) atoms. The van der Waals surface area contributed by atoms with Gasteiger partial charge in [-0.1, -0.05) is 6.92 Å². The predicted octanol–water partition coefficient (Wildman–Crippen LogP) is -1.13. The van der Waals surface area contributed by atoms with Crippen molar-refractivity contribution in [1.82, 2.24) is 10.2 Å². The number of fused-ring (bicyclic) bond motifs is 1. The van der Waals surface area contributed by atoms with Crippen LogP contribution < -0.4 is 5.32 Å². The minimum absolute atomic E-state index is 0.372. The van der Waals surface area contributed by atoms with Crippen LogP contribution in [0.25, 0.3) is 0 Å². The van der Waals surface area contributed by atoms with Crippen LogP contribution in [0.5, 0.6) is 0 Å². The number of nitrogens with zero attached hydrogens (tertiary/aromatic N) is 1. The van der Waals surface area contributed by atoms with Crippen molar-refractivity contribution in [3.8, 4) is 0 Å². The van der Waals surface area contributed by atoms with Gasteiger partial charge >= 0.3 is 0 Å². The average molecular weight is 230 g/mol. The summed E-state index contributed by atoms with van der Waals surface area (Å²) in [6.45, 7) is 4.29. The molecule has 2 rings (SSSR count). The van der Waals surface area contributed by atoms with E-state index in [-0.39, 0.29) is 6.04 Å². The van der Waals surface area contributed by atoms with E-state index in [1.165, 1.54) is 0 Å². The highest BCUT2D eigenvalue weighted by Gasteiger charge is 2.52. The van der Waals surface area contributed by atoms with Crippen LogP contribution in [0.2, 0.25) is 0 Å². The van der Waals surface area contributed by atoms with E-state index in [0.717, 1.165) is 26.1 Å². The second-order valence-corrected chi connectivity index (χ2v) is 4.93. The lowest BCUT2D eigenvalue weighted by molar-refractivity contribution is -0.129. The fourth-order valence-electron chi connectivity index (χ4n) is 2.87. The highest BCUT2D eigenvalue weighted by atomic mass is 16.3. The van der Waals surface area contributed by atoms with Gasteiger partial charge in [0.15, 0.2) is 0 Å². The van der Waals surface area contributed by atoms with Crippen LogP contribution in [-0.2, 0) is 0 Å². The Morgan fingerprint density at radius 1 is 1.38 bits per heavy atom. The van der Waals surface area contributed by atoms with Gasteiger partial charge in [0, 0.05) is 19.5 Å². The molecule has 0 bridgehead atoms. The second-order valence-electron chi connectivity index (χ2n) is 4.93. The minimum atomic E-state index is -1.04. The molecule has 4 N–H and O–H groups in total. The maximum absolute atomic E-state index is 10.5. The second kappa shape index (κ2) is 4.58. The molecule has 0 aromatic heterocycles. The van der Waals surface area contributed by atoms with E-state index in [4.69, 9.17) is 0 Å². The van der Waals surface area contributed by atoms with Crippen LogP contribution in [0.4, 0.5) is 0 Å². The standard InChI is InChI=1S/C11H22N2O3/c1-2-5-12-11(16)4-7-13-6-3-8(14)9(15)10(11)13/h8-10,12,14-16H,2-7H2,1H3. The molecule has 5 heteroatoms. The first-order valence-corrected chi connectivity index (χ1v) is 6.16. The molecular formula is C11H22N2O3. The molecule has 0 aliphatic carbocycles. The van der Waals surface area contributed by atoms with Gasteiger partial charge < -0.3 is 15.3 Å². The Morgan fingerprint density at radius 3 is 2.81 bits per heavy atom. The number of aliphatic hydroxyl groups excluding tert-OH is 2. The van der Waals surface area contributed by atoms with E-state index < -0.39 is 17.9 Å². The van der Waals surface area contributed by atoms with E-state index in [1.54, 1.807) is 0 Å². The zero-order valence-corrected chi connectivity index (χ0v) is 9.76. The summed E-state index contributed by atoms with van der Waals surface area (Å²) >= 11 is 0. The topological polar surface area (TPSA) is 76.0 Å². The first-order chi connectivity index (χ1) is 7.58. The van der Waals surface area contributed by atoms with Crippen LogP contribution in [0.15, 0.2) is 0 Å². The minimum Gasteiger partial charge on any atom is -0.390 e. The molecule has 2 saturated heterocycles. The maximum Gasteiger partial charge on any atom is 0.135 e. The first kappa shape index (κ1) is 12.3. The van der Waals surface area contributed by atoms with Gasteiger partial charge in [-0.25, -0.2) is 0 Å². The smallest absolute Gasteiger partial charge is 0.135 e. The molecule has 0 radical (unpaired) electrons. The summed E-state index contributed by atoms with van der Waals surface area (Å²) in [7, 11) is 0. The fraction of sp³-hybridized carbons (Fsp3) is 1.00. The van der Waals surface area contributed by atoms with Crippen molar-refractivity contribution in [3.05, 3.63) is 0 Å². The van der Waals surface area contributed by atoms with Crippen LogP contribution in [-0.4, -0.2) is 63.8 Å². The molecule has 0 amide bonds. The van der Waals surface area contributed by atoms with Crippen molar-refractivity contribution >= 4 is 0 Å². The van der Waals surface area contributed by atoms with E-state index >= 15 is 0 Å². The van der Waals surface area contributed by atoms with E-state index in [9.17, 15) is 15.3 Å². The van der Waals surface area contributed by atoms with E-state index in [2.05, 4.69) is 10.2 Å². The van der Waals surface area contributed by atoms with Gasteiger partial charge in [-0.15, -0.1) is 0 Å². The molecule has 2 heterocycles. The molecule has 0 aromatic rings. The van der Waals surface area contributed by atoms with Crippen molar-refractivity contribution in [2.24, 2.45) is 0 Å². The van der Waals surface area contributed by atoms with Gasteiger partial charge in [0.05, 0.1) is 18.2 Å². The number of hydrogen-bond donors (Lipinski definition) is 4. The van der Waals surface area contributed by atoms with Gasteiger partial charge in [0.25, 0.3) is 0 Å². The Hall–Kier alpha value is -0.200. The number of piperidine rings is 1. The summed E-state index contributed by atoms with van der Waals surface area (Å²) in [6.07, 6.45) is 0.566. The molecule has 4 unspecified atom stereocenters. The van der Waals surface area contributed by atoms with Crippen LogP contribution in [0.3, 0.4) is 0 Å². The summed E-state index contributed by atoms with van der Waals surface area (Å²) in [5.41, 5.74) is -1.04. The number of nitrogens with one attached hydrogen (secondary N) is 1. The number of aliphatic hydroxyl groups is 3. The zero-order valence-electron chi connectivity index (χ0n) is 9.76. The van der Waals surface area contributed by atoms with Gasteiger partial charge in [-0.2, -0.15) is 0 Å². The molecule has 0 aromatic carbocycles. The monoisotopic (exact) mass is 230 g/mol. The molecule has 4 atom stereocenters. The summed E-state index contributed by atoms with van der Waals surface area (Å²) in [4.78, 5) is 2.07. The van der Waals surface area contributed by atoms with Gasteiger partial charge in [0.1, 0.15) is 5.72 Å². The maximum atomic E-state index is 10.5.